The molecular formula is C17H17N5O2S. The molecule has 4 rings (SSSR count). The van der Waals surface area contributed by atoms with E-state index in [1.165, 1.54) is 0 Å². The fraction of sp³-hybridized carbons (Fsp3) is 0.294. The summed E-state index contributed by atoms with van der Waals surface area (Å²) in [5.74, 6) is 0.560. The highest BCUT2D eigenvalue weighted by Crippen LogP contribution is 2.32. The van der Waals surface area contributed by atoms with E-state index in [1.807, 2.05) is 17.5 Å². The van der Waals surface area contributed by atoms with Crippen LogP contribution in [0.4, 0.5) is 5.95 Å². The largest absolute Gasteiger partial charge is 0.376 e. The molecule has 4 heterocycles. The van der Waals surface area contributed by atoms with E-state index in [0.717, 1.165) is 21.8 Å². The Hall–Kier alpha value is -2.42. The van der Waals surface area contributed by atoms with Crippen molar-refractivity contribution in [2.45, 2.75) is 6.10 Å². The number of nitrogens with zero attached hydrogens (tertiary/aromatic N) is 4. The van der Waals surface area contributed by atoms with E-state index in [2.05, 4.69) is 20.3 Å². The fourth-order valence-corrected chi connectivity index (χ4v) is 3.28. The molecule has 3 aromatic heterocycles. The maximum Gasteiger partial charge on any atom is 0.223 e. The van der Waals surface area contributed by atoms with Gasteiger partial charge in [0.05, 0.1) is 48.4 Å². The number of nitrogens with one attached hydrogen (secondary N) is 1. The summed E-state index contributed by atoms with van der Waals surface area (Å²) in [6.45, 7) is 2.47. The monoisotopic (exact) mass is 355 g/mol. The Labute approximate surface area is 149 Å². The van der Waals surface area contributed by atoms with Crippen molar-refractivity contribution in [1.82, 2.24) is 19.9 Å². The third-order valence-electron chi connectivity index (χ3n) is 3.76. The Morgan fingerprint density at radius 3 is 2.96 bits per heavy atom. The molecule has 3 aromatic rings. The SMILES string of the molecule is c1csc(-c2nc(NCC3COCCO3)ncc2-c2cnccn2)c1. The quantitative estimate of drug-likeness (QED) is 0.753. The fourth-order valence-electron chi connectivity index (χ4n) is 2.55. The summed E-state index contributed by atoms with van der Waals surface area (Å²) in [6, 6.07) is 4.04. The zero-order valence-corrected chi connectivity index (χ0v) is 14.3. The normalized spacial score (nSPS) is 17.4. The standard InChI is InChI=1S/C17H17N5O2S/c1-2-15(25-7-1)16-13(14-10-18-3-4-19-14)9-21-17(22-16)20-8-12-11-23-5-6-24-12/h1-4,7,9-10,12H,5-6,8,11H2,(H,20,21,22). The molecule has 25 heavy (non-hydrogen) atoms. The molecule has 0 bridgehead atoms. The lowest BCUT2D eigenvalue weighted by atomic mass is 10.1. The van der Waals surface area contributed by atoms with Gasteiger partial charge in [-0.05, 0) is 11.4 Å². The lowest BCUT2D eigenvalue weighted by Crippen LogP contribution is -2.34. The summed E-state index contributed by atoms with van der Waals surface area (Å²) in [5, 5.41) is 5.26. The predicted molar refractivity (Wildman–Crippen MR) is 95.4 cm³/mol. The maximum absolute atomic E-state index is 5.64. The molecule has 1 N–H and O–H groups in total. The first-order chi connectivity index (χ1) is 12.4. The molecule has 1 unspecified atom stereocenters. The summed E-state index contributed by atoms with van der Waals surface area (Å²) in [6.07, 6.45) is 6.84. The Morgan fingerprint density at radius 2 is 2.20 bits per heavy atom. The van der Waals surface area contributed by atoms with Crippen molar-refractivity contribution in [3.63, 3.8) is 0 Å². The van der Waals surface area contributed by atoms with Crippen molar-refractivity contribution < 1.29 is 9.47 Å². The summed E-state index contributed by atoms with van der Waals surface area (Å²) in [7, 11) is 0. The summed E-state index contributed by atoms with van der Waals surface area (Å²) >= 11 is 1.63. The lowest BCUT2D eigenvalue weighted by molar-refractivity contribution is -0.0819. The minimum Gasteiger partial charge on any atom is -0.376 e. The highest BCUT2D eigenvalue weighted by atomic mass is 32.1. The Bertz CT molecular complexity index is 807. The molecule has 0 saturated carbocycles. The molecule has 0 spiro atoms. The van der Waals surface area contributed by atoms with E-state index in [-0.39, 0.29) is 6.10 Å². The number of hydrogen-bond donors (Lipinski definition) is 1. The molecule has 1 aliphatic rings. The second-order valence-electron chi connectivity index (χ2n) is 5.47. The molecule has 1 atom stereocenters. The van der Waals surface area contributed by atoms with Gasteiger partial charge in [0.15, 0.2) is 0 Å². The summed E-state index contributed by atoms with van der Waals surface area (Å²) in [5.41, 5.74) is 2.45. The van der Waals surface area contributed by atoms with Crippen LogP contribution in [0.2, 0.25) is 0 Å². The average molecular weight is 355 g/mol. The minimum absolute atomic E-state index is 0.0159. The van der Waals surface area contributed by atoms with Gasteiger partial charge in [-0.2, -0.15) is 0 Å². The van der Waals surface area contributed by atoms with Crippen LogP contribution in [0.25, 0.3) is 21.8 Å². The zero-order chi connectivity index (χ0) is 16.9. The number of thiophene rings is 1. The first kappa shape index (κ1) is 16.1. The van der Waals surface area contributed by atoms with Gasteiger partial charge in [-0.15, -0.1) is 11.3 Å². The van der Waals surface area contributed by atoms with Crippen LogP contribution in [-0.2, 0) is 9.47 Å². The third-order valence-corrected chi connectivity index (χ3v) is 4.63. The van der Waals surface area contributed by atoms with Crippen molar-refractivity contribution in [3.8, 4) is 21.8 Å². The van der Waals surface area contributed by atoms with E-state index < -0.39 is 0 Å². The van der Waals surface area contributed by atoms with Crippen molar-refractivity contribution in [3.05, 3.63) is 42.3 Å². The van der Waals surface area contributed by atoms with Crippen LogP contribution in [0.1, 0.15) is 0 Å². The van der Waals surface area contributed by atoms with E-state index >= 15 is 0 Å². The first-order valence-corrected chi connectivity index (χ1v) is 8.88. The molecule has 0 radical (unpaired) electrons. The van der Waals surface area contributed by atoms with Gasteiger partial charge in [-0.1, -0.05) is 6.07 Å². The Kier molecular flexibility index (Phi) is 4.91. The summed E-state index contributed by atoms with van der Waals surface area (Å²) in [4.78, 5) is 18.7. The van der Waals surface area contributed by atoms with E-state index in [4.69, 9.17) is 14.5 Å². The van der Waals surface area contributed by atoms with Crippen LogP contribution in [0.3, 0.4) is 0 Å². The number of aromatic nitrogens is 4. The van der Waals surface area contributed by atoms with Crippen LogP contribution >= 0.6 is 11.3 Å². The predicted octanol–water partition coefficient (Wildman–Crippen LogP) is 2.49. The van der Waals surface area contributed by atoms with Crippen molar-refractivity contribution in [1.29, 1.82) is 0 Å². The topological polar surface area (TPSA) is 82.1 Å². The highest BCUT2D eigenvalue weighted by molar-refractivity contribution is 7.13. The van der Waals surface area contributed by atoms with Crippen LogP contribution in [0.5, 0.6) is 0 Å². The van der Waals surface area contributed by atoms with Gasteiger partial charge < -0.3 is 14.8 Å². The van der Waals surface area contributed by atoms with Gasteiger partial charge in [0, 0.05) is 30.7 Å². The van der Waals surface area contributed by atoms with Crippen molar-refractivity contribution in [2.75, 3.05) is 31.7 Å². The van der Waals surface area contributed by atoms with Gasteiger partial charge in [-0.25, -0.2) is 9.97 Å². The number of hydrogen-bond acceptors (Lipinski definition) is 8. The molecule has 8 heteroatoms. The third kappa shape index (κ3) is 3.81. The van der Waals surface area contributed by atoms with Crippen molar-refractivity contribution >= 4 is 17.3 Å². The second-order valence-corrected chi connectivity index (χ2v) is 6.42. The molecule has 0 aliphatic carbocycles. The van der Waals surface area contributed by atoms with Crippen molar-refractivity contribution in [2.24, 2.45) is 0 Å². The maximum atomic E-state index is 5.64. The van der Waals surface area contributed by atoms with Crippen LogP contribution in [0, 0.1) is 0 Å². The number of ether oxygens (including phenoxy) is 2. The van der Waals surface area contributed by atoms with E-state index in [9.17, 15) is 0 Å². The van der Waals surface area contributed by atoms with Crippen LogP contribution in [-0.4, -0.2) is 52.4 Å². The van der Waals surface area contributed by atoms with Gasteiger partial charge in [0.2, 0.25) is 5.95 Å². The van der Waals surface area contributed by atoms with Gasteiger partial charge in [0.25, 0.3) is 0 Å². The summed E-state index contributed by atoms with van der Waals surface area (Å²) < 4.78 is 11.0. The highest BCUT2D eigenvalue weighted by Gasteiger charge is 2.16. The second kappa shape index (κ2) is 7.64. The molecule has 0 aromatic carbocycles. The minimum atomic E-state index is 0.0159. The van der Waals surface area contributed by atoms with Crippen LogP contribution in [0.15, 0.2) is 42.3 Å². The number of rotatable bonds is 5. The van der Waals surface area contributed by atoms with E-state index in [1.54, 1.807) is 36.1 Å². The van der Waals surface area contributed by atoms with Gasteiger partial charge in [0.1, 0.15) is 0 Å². The lowest BCUT2D eigenvalue weighted by Gasteiger charge is -2.23. The zero-order valence-electron chi connectivity index (χ0n) is 13.5. The molecule has 1 saturated heterocycles. The van der Waals surface area contributed by atoms with E-state index in [0.29, 0.717) is 32.3 Å². The van der Waals surface area contributed by atoms with Gasteiger partial charge in [-0.3, -0.25) is 9.97 Å². The molecule has 128 valence electrons. The first-order valence-electron chi connectivity index (χ1n) is 8.00. The molecule has 0 amide bonds. The molecule has 1 fully saturated rings. The Balaban J connectivity index is 1.61. The molecule has 1 aliphatic heterocycles. The number of anilines is 1. The molecule has 7 nitrogen and oxygen atoms in total. The Morgan fingerprint density at radius 1 is 1.20 bits per heavy atom. The molecular weight excluding hydrogens is 338 g/mol. The van der Waals surface area contributed by atoms with Gasteiger partial charge >= 0.3 is 0 Å². The smallest absolute Gasteiger partial charge is 0.223 e. The van der Waals surface area contributed by atoms with Crippen LogP contribution < -0.4 is 5.32 Å². The average Bonchev–Trinajstić information content (AvgIpc) is 3.22.